The van der Waals surface area contributed by atoms with Gasteiger partial charge in [-0.3, -0.25) is 9.78 Å². The van der Waals surface area contributed by atoms with Gasteiger partial charge in [0.15, 0.2) is 0 Å². The van der Waals surface area contributed by atoms with E-state index in [1.165, 1.54) is 0 Å². The molecule has 0 saturated carbocycles. The van der Waals surface area contributed by atoms with E-state index < -0.39 is 0 Å². The molecule has 0 radical (unpaired) electrons. The first-order chi connectivity index (χ1) is 13.9. The molecule has 2 atom stereocenters. The Bertz CT molecular complexity index is 937. The number of aromatic nitrogens is 1. The van der Waals surface area contributed by atoms with Gasteiger partial charge < -0.3 is 15.1 Å². The third-order valence-corrected chi connectivity index (χ3v) is 5.80. The fourth-order valence-corrected chi connectivity index (χ4v) is 4.33. The standard InChI is InChI=1S/C24H34N4O2/c1-8-17(19-15-27(23(2,3)4)22(30)28(19)24(5,6)7)21(29)26-18-13-9-11-16-12-10-14-25-20(16)18/h9-14,17,19H,8,15H2,1-7H3,(H,26,29). The summed E-state index contributed by atoms with van der Waals surface area (Å²) in [6.07, 6.45) is 2.38. The maximum absolute atomic E-state index is 13.4. The molecule has 1 saturated heterocycles. The first kappa shape index (κ1) is 22.1. The number of amides is 3. The molecule has 3 rings (SSSR count). The fourth-order valence-electron chi connectivity index (χ4n) is 4.33. The Balaban J connectivity index is 1.93. The molecule has 2 unspecified atom stereocenters. The summed E-state index contributed by atoms with van der Waals surface area (Å²) < 4.78 is 0. The van der Waals surface area contributed by atoms with Crippen LogP contribution in [-0.2, 0) is 4.79 Å². The van der Waals surface area contributed by atoms with Gasteiger partial charge in [0.05, 0.1) is 23.2 Å². The van der Waals surface area contributed by atoms with Gasteiger partial charge in [0, 0.05) is 29.2 Å². The maximum Gasteiger partial charge on any atom is 0.321 e. The van der Waals surface area contributed by atoms with Crippen LogP contribution in [0.5, 0.6) is 0 Å². The Labute approximate surface area is 179 Å². The van der Waals surface area contributed by atoms with Crippen molar-refractivity contribution >= 4 is 28.5 Å². The minimum absolute atomic E-state index is 0.00178. The molecule has 2 heterocycles. The first-order valence-electron chi connectivity index (χ1n) is 10.7. The highest BCUT2D eigenvalue weighted by molar-refractivity contribution is 6.01. The van der Waals surface area contributed by atoms with Crippen molar-refractivity contribution in [2.75, 3.05) is 11.9 Å². The molecule has 3 amide bonds. The van der Waals surface area contributed by atoms with E-state index in [9.17, 15) is 9.59 Å². The first-order valence-corrected chi connectivity index (χ1v) is 10.7. The van der Waals surface area contributed by atoms with Crippen LogP contribution in [0.3, 0.4) is 0 Å². The number of benzene rings is 1. The Hall–Kier alpha value is -2.63. The Morgan fingerprint density at radius 3 is 2.40 bits per heavy atom. The van der Waals surface area contributed by atoms with Crippen LogP contribution in [0.2, 0.25) is 0 Å². The van der Waals surface area contributed by atoms with Gasteiger partial charge in [-0.25, -0.2) is 4.79 Å². The summed E-state index contributed by atoms with van der Waals surface area (Å²) in [5.41, 5.74) is 0.797. The number of anilines is 1. The minimum Gasteiger partial charge on any atom is -0.324 e. The second-order valence-corrected chi connectivity index (χ2v) is 10.1. The number of fused-ring (bicyclic) bond motifs is 1. The van der Waals surface area contributed by atoms with Gasteiger partial charge in [-0.2, -0.15) is 0 Å². The Morgan fingerprint density at radius 1 is 1.13 bits per heavy atom. The number of pyridine rings is 1. The molecule has 2 aromatic rings. The van der Waals surface area contributed by atoms with Crippen molar-refractivity contribution < 1.29 is 9.59 Å². The van der Waals surface area contributed by atoms with Crippen LogP contribution in [0.15, 0.2) is 36.5 Å². The van der Waals surface area contributed by atoms with Crippen molar-refractivity contribution in [1.29, 1.82) is 0 Å². The van der Waals surface area contributed by atoms with Crippen LogP contribution in [0.4, 0.5) is 10.5 Å². The number of nitrogens with zero attached hydrogens (tertiary/aromatic N) is 3. The van der Waals surface area contributed by atoms with Gasteiger partial charge >= 0.3 is 6.03 Å². The van der Waals surface area contributed by atoms with Crippen LogP contribution >= 0.6 is 0 Å². The van der Waals surface area contributed by atoms with E-state index >= 15 is 0 Å². The third kappa shape index (κ3) is 4.13. The molecular formula is C24H34N4O2. The Kier molecular flexibility index (Phi) is 5.81. The second-order valence-electron chi connectivity index (χ2n) is 10.1. The number of para-hydroxylation sites is 1. The fraction of sp³-hybridized carbons (Fsp3) is 0.542. The molecule has 0 aliphatic carbocycles. The highest BCUT2D eigenvalue weighted by atomic mass is 16.2. The number of rotatable bonds is 4. The van der Waals surface area contributed by atoms with Gasteiger partial charge in [-0.15, -0.1) is 0 Å². The predicted octanol–water partition coefficient (Wildman–Crippen LogP) is 4.90. The van der Waals surface area contributed by atoms with E-state index in [4.69, 9.17) is 0 Å². The van der Waals surface area contributed by atoms with Gasteiger partial charge in [-0.05, 0) is 60.1 Å². The highest BCUT2D eigenvalue weighted by Gasteiger charge is 2.50. The van der Waals surface area contributed by atoms with Gasteiger partial charge in [0.25, 0.3) is 0 Å². The summed E-state index contributed by atoms with van der Waals surface area (Å²) in [6.45, 7) is 14.8. The SMILES string of the molecule is CCC(C(=O)Nc1cccc2cccnc12)C1CN(C(C)(C)C)C(=O)N1C(C)(C)C. The zero-order valence-corrected chi connectivity index (χ0v) is 19.2. The highest BCUT2D eigenvalue weighted by Crippen LogP contribution is 2.35. The molecule has 6 heteroatoms. The van der Waals surface area contributed by atoms with Crippen molar-refractivity contribution in [3.8, 4) is 0 Å². The largest absolute Gasteiger partial charge is 0.324 e. The molecule has 1 aliphatic rings. The number of hydrogen-bond acceptors (Lipinski definition) is 3. The third-order valence-electron chi connectivity index (χ3n) is 5.80. The summed E-state index contributed by atoms with van der Waals surface area (Å²) >= 11 is 0. The van der Waals surface area contributed by atoms with E-state index in [0.717, 1.165) is 10.9 Å². The smallest absolute Gasteiger partial charge is 0.321 e. The van der Waals surface area contributed by atoms with E-state index in [1.54, 1.807) is 6.20 Å². The predicted molar refractivity (Wildman–Crippen MR) is 121 cm³/mol. The van der Waals surface area contributed by atoms with Crippen molar-refractivity contribution in [2.45, 2.75) is 72.0 Å². The summed E-state index contributed by atoms with van der Waals surface area (Å²) in [5.74, 6) is -0.391. The van der Waals surface area contributed by atoms with Crippen molar-refractivity contribution in [1.82, 2.24) is 14.8 Å². The normalized spacial score (nSPS) is 18.8. The van der Waals surface area contributed by atoms with Gasteiger partial charge in [0.2, 0.25) is 5.91 Å². The van der Waals surface area contributed by atoms with E-state index in [1.807, 2.05) is 88.6 Å². The average Bonchev–Trinajstić information content (AvgIpc) is 3.00. The quantitative estimate of drug-likeness (QED) is 0.779. The topological polar surface area (TPSA) is 65.5 Å². The lowest BCUT2D eigenvalue weighted by Gasteiger charge is -2.39. The molecule has 162 valence electrons. The lowest BCUT2D eigenvalue weighted by molar-refractivity contribution is -0.121. The van der Waals surface area contributed by atoms with E-state index in [-0.39, 0.29) is 35.0 Å². The van der Waals surface area contributed by atoms with Gasteiger partial charge in [-0.1, -0.05) is 25.1 Å². The van der Waals surface area contributed by atoms with E-state index in [2.05, 4.69) is 10.3 Å². The Morgan fingerprint density at radius 2 is 1.80 bits per heavy atom. The van der Waals surface area contributed by atoms with Crippen LogP contribution in [-0.4, -0.2) is 50.4 Å². The number of nitrogens with one attached hydrogen (secondary N) is 1. The van der Waals surface area contributed by atoms with Crippen molar-refractivity contribution in [2.24, 2.45) is 5.92 Å². The monoisotopic (exact) mass is 410 g/mol. The molecule has 1 aromatic heterocycles. The number of urea groups is 1. The molecule has 0 spiro atoms. The summed E-state index contributed by atoms with van der Waals surface area (Å²) in [7, 11) is 0. The summed E-state index contributed by atoms with van der Waals surface area (Å²) in [6, 6.07) is 9.45. The molecule has 30 heavy (non-hydrogen) atoms. The van der Waals surface area contributed by atoms with Gasteiger partial charge in [0.1, 0.15) is 0 Å². The second kappa shape index (κ2) is 7.89. The van der Waals surface area contributed by atoms with Crippen molar-refractivity contribution in [3.05, 3.63) is 36.5 Å². The van der Waals surface area contributed by atoms with E-state index in [0.29, 0.717) is 18.7 Å². The molecule has 1 N–H and O–H groups in total. The molecular weight excluding hydrogens is 376 g/mol. The van der Waals surface area contributed by atoms with Crippen LogP contribution in [0.25, 0.3) is 10.9 Å². The maximum atomic E-state index is 13.4. The molecule has 1 aromatic carbocycles. The zero-order chi connectivity index (χ0) is 22.3. The van der Waals surface area contributed by atoms with Crippen LogP contribution < -0.4 is 5.32 Å². The summed E-state index contributed by atoms with van der Waals surface area (Å²) in [4.78, 5) is 34.9. The summed E-state index contributed by atoms with van der Waals surface area (Å²) in [5, 5.41) is 4.08. The van der Waals surface area contributed by atoms with Crippen LogP contribution in [0.1, 0.15) is 54.9 Å². The zero-order valence-electron chi connectivity index (χ0n) is 19.2. The molecule has 0 bridgehead atoms. The lowest BCUT2D eigenvalue weighted by Crippen LogP contribution is -2.53. The molecule has 6 nitrogen and oxygen atoms in total. The molecule has 1 aliphatic heterocycles. The molecule has 1 fully saturated rings. The van der Waals surface area contributed by atoms with Crippen molar-refractivity contribution in [3.63, 3.8) is 0 Å². The minimum atomic E-state index is -0.379. The lowest BCUT2D eigenvalue weighted by atomic mass is 9.91. The number of hydrogen-bond donors (Lipinski definition) is 1. The average molecular weight is 411 g/mol. The van der Waals surface area contributed by atoms with Crippen LogP contribution in [0, 0.1) is 5.92 Å². The number of carbonyl (C=O) groups is 2. The number of carbonyl (C=O) groups excluding carboxylic acids is 2.